The van der Waals surface area contributed by atoms with Gasteiger partial charge in [-0.1, -0.05) is 19.3 Å². The fourth-order valence-corrected chi connectivity index (χ4v) is 2.27. The first kappa shape index (κ1) is 12.6. The molecule has 1 fully saturated rings. The van der Waals surface area contributed by atoms with Gasteiger partial charge in [0.1, 0.15) is 5.69 Å². The van der Waals surface area contributed by atoms with Gasteiger partial charge >= 0.3 is 0 Å². The number of nitrogens with one attached hydrogen (secondary N) is 2. The van der Waals surface area contributed by atoms with Crippen molar-refractivity contribution in [2.24, 2.45) is 11.5 Å². The Morgan fingerprint density at radius 3 is 2.50 bits per heavy atom. The molecule has 0 saturated heterocycles. The van der Waals surface area contributed by atoms with Gasteiger partial charge in [0, 0.05) is 6.20 Å². The second-order valence-corrected chi connectivity index (χ2v) is 4.84. The molecule has 1 heterocycles. The number of anilines is 1. The molecule has 1 aliphatic carbocycles. The highest BCUT2D eigenvalue weighted by Crippen LogP contribution is 2.27. The van der Waals surface area contributed by atoms with Crippen LogP contribution in [0.15, 0.2) is 12.3 Å². The molecular weight excluding hydrogens is 232 g/mol. The standard InChI is InChI=1S/C12H18N4O2/c13-10(17)9-6-8(7-15-9)16-11(18)12(14)4-2-1-3-5-12/h6-7,15H,1-5,14H2,(H2,13,17)(H,16,18). The third-order valence-electron chi connectivity index (χ3n) is 3.40. The summed E-state index contributed by atoms with van der Waals surface area (Å²) < 4.78 is 0. The first-order chi connectivity index (χ1) is 8.51. The molecule has 1 saturated carbocycles. The molecule has 6 N–H and O–H groups in total. The molecule has 0 radical (unpaired) electrons. The summed E-state index contributed by atoms with van der Waals surface area (Å²) in [6, 6.07) is 1.51. The Morgan fingerprint density at radius 1 is 1.28 bits per heavy atom. The van der Waals surface area contributed by atoms with Crippen molar-refractivity contribution in [1.82, 2.24) is 4.98 Å². The van der Waals surface area contributed by atoms with Crippen LogP contribution in [0.5, 0.6) is 0 Å². The first-order valence-electron chi connectivity index (χ1n) is 6.10. The van der Waals surface area contributed by atoms with Gasteiger partial charge in [-0.15, -0.1) is 0 Å². The van der Waals surface area contributed by atoms with E-state index in [1.165, 1.54) is 12.3 Å². The van der Waals surface area contributed by atoms with Gasteiger partial charge in [-0.2, -0.15) is 0 Å². The summed E-state index contributed by atoms with van der Waals surface area (Å²) in [7, 11) is 0. The van der Waals surface area contributed by atoms with Gasteiger partial charge < -0.3 is 21.8 Å². The molecule has 2 rings (SSSR count). The number of H-pyrrole nitrogens is 1. The lowest BCUT2D eigenvalue weighted by Gasteiger charge is -2.31. The van der Waals surface area contributed by atoms with Crippen LogP contribution in [0.4, 0.5) is 5.69 Å². The van der Waals surface area contributed by atoms with Crippen LogP contribution in [-0.2, 0) is 4.79 Å². The zero-order valence-corrected chi connectivity index (χ0v) is 10.2. The van der Waals surface area contributed by atoms with E-state index in [-0.39, 0.29) is 11.6 Å². The minimum Gasteiger partial charge on any atom is -0.364 e. The Bertz CT molecular complexity index is 460. The molecule has 0 aliphatic heterocycles. The number of carbonyl (C=O) groups excluding carboxylic acids is 2. The number of amides is 2. The number of primary amides is 1. The van der Waals surface area contributed by atoms with Gasteiger partial charge in [-0.3, -0.25) is 9.59 Å². The van der Waals surface area contributed by atoms with Crippen molar-refractivity contribution in [2.45, 2.75) is 37.6 Å². The largest absolute Gasteiger partial charge is 0.364 e. The van der Waals surface area contributed by atoms with Gasteiger partial charge in [-0.05, 0) is 18.9 Å². The van der Waals surface area contributed by atoms with Crippen LogP contribution in [0.2, 0.25) is 0 Å². The van der Waals surface area contributed by atoms with E-state index in [0.29, 0.717) is 18.5 Å². The summed E-state index contributed by atoms with van der Waals surface area (Å²) >= 11 is 0. The van der Waals surface area contributed by atoms with Crippen molar-refractivity contribution in [2.75, 3.05) is 5.32 Å². The Kier molecular flexibility index (Phi) is 3.38. The smallest absolute Gasteiger partial charge is 0.265 e. The Morgan fingerprint density at radius 2 is 1.94 bits per heavy atom. The van der Waals surface area contributed by atoms with Crippen molar-refractivity contribution < 1.29 is 9.59 Å². The molecule has 1 aliphatic rings. The molecule has 18 heavy (non-hydrogen) atoms. The van der Waals surface area contributed by atoms with Crippen LogP contribution in [-0.4, -0.2) is 22.3 Å². The molecule has 6 heteroatoms. The molecular formula is C12H18N4O2. The van der Waals surface area contributed by atoms with E-state index in [4.69, 9.17) is 11.5 Å². The van der Waals surface area contributed by atoms with Gasteiger partial charge in [0.05, 0.1) is 11.2 Å². The quantitative estimate of drug-likeness (QED) is 0.633. The van der Waals surface area contributed by atoms with Crippen LogP contribution in [0, 0.1) is 0 Å². The lowest BCUT2D eigenvalue weighted by molar-refractivity contribution is -0.122. The summed E-state index contributed by atoms with van der Waals surface area (Å²) in [5.41, 5.74) is 11.2. The predicted molar refractivity (Wildman–Crippen MR) is 67.9 cm³/mol. The van der Waals surface area contributed by atoms with Gasteiger partial charge in [0.2, 0.25) is 5.91 Å². The molecule has 0 bridgehead atoms. The number of nitrogens with two attached hydrogens (primary N) is 2. The third kappa shape index (κ3) is 2.53. The van der Waals surface area contributed by atoms with E-state index in [1.807, 2.05) is 0 Å². The maximum absolute atomic E-state index is 12.1. The highest BCUT2D eigenvalue weighted by molar-refractivity contribution is 5.99. The molecule has 2 amide bonds. The highest BCUT2D eigenvalue weighted by Gasteiger charge is 2.35. The summed E-state index contributed by atoms with van der Waals surface area (Å²) in [6.07, 6.45) is 6.01. The van der Waals surface area contributed by atoms with E-state index in [2.05, 4.69) is 10.3 Å². The molecule has 1 aromatic heterocycles. The molecule has 0 unspecified atom stereocenters. The Balaban J connectivity index is 2.03. The zero-order chi connectivity index (χ0) is 13.2. The van der Waals surface area contributed by atoms with Gasteiger partial charge in [-0.25, -0.2) is 0 Å². The van der Waals surface area contributed by atoms with E-state index in [9.17, 15) is 9.59 Å². The average molecular weight is 250 g/mol. The number of rotatable bonds is 3. The van der Waals surface area contributed by atoms with E-state index < -0.39 is 11.4 Å². The second kappa shape index (κ2) is 4.81. The van der Waals surface area contributed by atoms with Crippen molar-refractivity contribution >= 4 is 17.5 Å². The highest BCUT2D eigenvalue weighted by atomic mass is 16.2. The maximum atomic E-state index is 12.1. The molecule has 0 atom stereocenters. The minimum atomic E-state index is -0.789. The van der Waals surface area contributed by atoms with Gasteiger partial charge in [0.25, 0.3) is 5.91 Å². The Labute approximate surface area is 105 Å². The maximum Gasteiger partial charge on any atom is 0.265 e. The average Bonchev–Trinajstić information content (AvgIpc) is 2.78. The van der Waals surface area contributed by atoms with Crippen LogP contribution >= 0.6 is 0 Å². The monoisotopic (exact) mass is 250 g/mol. The number of hydrogen-bond acceptors (Lipinski definition) is 3. The number of hydrogen-bond donors (Lipinski definition) is 4. The lowest BCUT2D eigenvalue weighted by Crippen LogP contribution is -2.52. The second-order valence-electron chi connectivity index (χ2n) is 4.84. The number of aromatic nitrogens is 1. The van der Waals surface area contributed by atoms with Crippen LogP contribution in [0.1, 0.15) is 42.6 Å². The van der Waals surface area contributed by atoms with E-state index in [0.717, 1.165) is 19.3 Å². The summed E-state index contributed by atoms with van der Waals surface area (Å²) in [5.74, 6) is -0.757. The van der Waals surface area contributed by atoms with Crippen LogP contribution < -0.4 is 16.8 Å². The van der Waals surface area contributed by atoms with Crippen LogP contribution in [0.25, 0.3) is 0 Å². The van der Waals surface area contributed by atoms with E-state index >= 15 is 0 Å². The van der Waals surface area contributed by atoms with E-state index in [1.54, 1.807) is 0 Å². The molecule has 98 valence electrons. The van der Waals surface area contributed by atoms with Crippen molar-refractivity contribution in [1.29, 1.82) is 0 Å². The topological polar surface area (TPSA) is 114 Å². The SMILES string of the molecule is NC(=O)c1cc(NC(=O)C2(N)CCCCC2)c[nH]1. The minimum absolute atomic E-state index is 0.197. The predicted octanol–water partition coefficient (Wildman–Crippen LogP) is 0.714. The fraction of sp³-hybridized carbons (Fsp3) is 0.500. The van der Waals surface area contributed by atoms with Crippen molar-refractivity contribution in [3.05, 3.63) is 18.0 Å². The third-order valence-corrected chi connectivity index (χ3v) is 3.40. The molecule has 0 aromatic carbocycles. The van der Waals surface area contributed by atoms with Crippen molar-refractivity contribution in [3.8, 4) is 0 Å². The number of aromatic amines is 1. The zero-order valence-electron chi connectivity index (χ0n) is 10.2. The molecule has 1 aromatic rings. The van der Waals surface area contributed by atoms with Crippen LogP contribution in [0.3, 0.4) is 0 Å². The molecule has 6 nitrogen and oxygen atoms in total. The fourth-order valence-electron chi connectivity index (χ4n) is 2.27. The number of carbonyl (C=O) groups is 2. The van der Waals surface area contributed by atoms with Gasteiger partial charge in [0.15, 0.2) is 0 Å². The lowest BCUT2D eigenvalue weighted by atomic mass is 9.82. The first-order valence-corrected chi connectivity index (χ1v) is 6.10. The summed E-state index contributed by atoms with van der Waals surface area (Å²) in [6.45, 7) is 0. The summed E-state index contributed by atoms with van der Waals surface area (Å²) in [5, 5.41) is 2.72. The normalized spacial score (nSPS) is 18.3. The van der Waals surface area contributed by atoms with Crippen molar-refractivity contribution in [3.63, 3.8) is 0 Å². The summed E-state index contributed by atoms with van der Waals surface area (Å²) in [4.78, 5) is 25.7. The Hall–Kier alpha value is -1.82. The molecule has 0 spiro atoms.